The van der Waals surface area contributed by atoms with Crippen molar-refractivity contribution in [2.45, 2.75) is 25.7 Å². The summed E-state index contributed by atoms with van der Waals surface area (Å²) < 4.78 is 1.50. The Morgan fingerprint density at radius 3 is 2.65 bits per heavy atom. The normalized spacial score (nSPS) is 19.2. The van der Waals surface area contributed by atoms with Crippen molar-refractivity contribution < 1.29 is 15.0 Å². The van der Waals surface area contributed by atoms with Crippen LogP contribution in [0.1, 0.15) is 29.9 Å². The fraction of sp³-hybridized carbons (Fsp3) is 0.250. The highest BCUT2D eigenvalue weighted by atomic mass is 16.3. The average Bonchev–Trinajstić information content (AvgIpc) is 2.84. The van der Waals surface area contributed by atoms with Gasteiger partial charge in [0, 0.05) is 0 Å². The third kappa shape index (κ3) is 2.30. The first-order valence-electron chi connectivity index (χ1n) is 7.44. The van der Waals surface area contributed by atoms with E-state index in [4.69, 9.17) is 0 Å². The molecule has 2 aromatic heterocycles. The second kappa shape index (κ2) is 5.05. The van der Waals surface area contributed by atoms with Crippen LogP contribution in [0.5, 0.6) is 5.88 Å². The van der Waals surface area contributed by atoms with Gasteiger partial charge in [-0.1, -0.05) is 6.08 Å². The Morgan fingerprint density at radius 2 is 1.87 bits per heavy atom. The van der Waals surface area contributed by atoms with Gasteiger partial charge in [0.1, 0.15) is 5.69 Å². The predicted octanol–water partition coefficient (Wildman–Crippen LogP) is 1.67. The Bertz CT molecular complexity index is 921. The maximum absolute atomic E-state index is 11.3. The van der Waals surface area contributed by atoms with Crippen LogP contribution in [0.4, 0.5) is 0 Å². The van der Waals surface area contributed by atoms with Crippen molar-refractivity contribution in [2.75, 3.05) is 0 Å². The van der Waals surface area contributed by atoms with Gasteiger partial charge in [-0.2, -0.15) is 14.6 Å². The summed E-state index contributed by atoms with van der Waals surface area (Å²) in [4.78, 5) is 19.8. The van der Waals surface area contributed by atoms with Gasteiger partial charge in [0.15, 0.2) is 5.76 Å². The minimum atomic E-state index is -0.446. The van der Waals surface area contributed by atoms with E-state index in [1.807, 2.05) is 0 Å². The molecule has 23 heavy (non-hydrogen) atoms. The Kier molecular flexibility index (Phi) is 3.00. The van der Waals surface area contributed by atoms with Crippen LogP contribution in [-0.2, 0) is 17.6 Å². The number of imidazole rings is 1. The van der Waals surface area contributed by atoms with Gasteiger partial charge in [-0.25, -0.2) is 4.98 Å². The smallest absolute Gasteiger partial charge is 0.254 e. The molecule has 2 aromatic rings. The molecule has 2 aliphatic carbocycles. The lowest BCUT2D eigenvalue weighted by Gasteiger charge is -2.13. The average molecular weight is 310 g/mol. The first kappa shape index (κ1) is 13.7. The summed E-state index contributed by atoms with van der Waals surface area (Å²) >= 11 is 0. The highest BCUT2D eigenvalue weighted by Crippen LogP contribution is 2.24. The Balaban J connectivity index is 1.85. The molecular weight excluding hydrogens is 296 g/mol. The molecule has 0 saturated carbocycles. The molecule has 0 atom stereocenters. The molecule has 4 rings (SSSR count). The number of ketones is 1. The SMILES string of the molecule is O=C1C=CC(=Cc2c(O)nc3nc4c(nn23)CCCC4)C=C1O. The zero-order valence-corrected chi connectivity index (χ0v) is 12.2. The zero-order valence-electron chi connectivity index (χ0n) is 12.2. The van der Waals surface area contributed by atoms with Crippen molar-refractivity contribution in [3.05, 3.63) is 46.6 Å². The van der Waals surface area contributed by atoms with E-state index in [-0.39, 0.29) is 11.6 Å². The van der Waals surface area contributed by atoms with Crippen LogP contribution in [0.15, 0.2) is 29.6 Å². The maximum atomic E-state index is 11.3. The lowest BCUT2D eigenvalue weighted by Crippen LogP contribution is -2.12. The summed E-state index contributed by atoms with van der Waals surface area (Å²) in [6.45, 7) is 0. The number of aromatic nitrogens is 4. The van der Waals surface area contributed by atoms with E-state index in [0.717, 1.165) is 37.1 Å². The zero-order chi connectivity index (χ0) is 16.0. The van der Waals surface area contributed by atoms with Crippen LogP contribution in [0.2, 0.25) is 0 Å². The topological polar surface area (TPSA) is 101 Å². The standard InChI is InChI=1S/C16H14N4O3/c21-13-6-5-9(8-14(13)22)7-12-15(23)18-16-17-10-3-1-2-4-11(10)19-20(12)16/h5-8,22-23H,1-4H2. The Morgan fingerprint density at radius 1 is 1.09 bits per heavy atom. The maximum Gasteiger partial charge on any atom is 0.254 e. The number of carbonyl (C=O) groups is 1. The van der Waals surface area contributed by atoms with Crippen molar-refractivity contribution in [3.63, 3.8) is 0 Å². The number of aryl methyl sites for hydroxylation is 2. The number of nitrogens with zero attached hydrogens (tertiary/aromatic N) is 4. The minimum absolute atomic E-state index is 0.182. The molecule has 2 N–H and O–H groups in total. The monoisotopic (exact) mass is 310 g/mol. The van der Waals surface area contributed by atoms with Crippen LogP contribution >= 0.6 is 0 Å². The number of hydrogen-bond acceptors (Lipinski definition) is 6. The molecule has 0 aliphatic heterocycles. The summed E-state index contributed by atoms with van der Waals surface area (Å²) in [5.41, 5.74) is 2.81. The largest absolute Gasteiger partial charge is 0.504 e. The van der Waals surface area contributed by atoms with Crippen LogP contribution in [0.25, 0.3) is 11.9 Å². The summed E-state index contributed by atoms with van der Waals surface area (Å²) in [7, 11) is 0. The van der Waals surface area contributed by atoms with Gasteiger partial charge in [-0.05, 0) is 49.5 Å². The molecule has 7 heteroatoms. The number of carbonyl (C=O) groups excluding carboxylic acids is 1. The number of rotatable bonds is 1. The van der Waals surface area contributed by atoms with Gasteiger partial charge in [0.2, 0.25) is 11.7 Å². The van der Waals surface area contributed by atoms with Crippen LogP contribution < -0.4 is 0 Å². The highest BCUT2D eigenvalue weighted by Gasteiger charge is 2.19. The molecule has 0 fully saturated rings. The van der Waals surface area contributed by atoms with E-state index < -0.39 is 5.78 Å². The second-order valence-corrected chi connectivity index (χ2v) is 5.62. The summed E-state index contributed by atoms with van der Waals surface area (Å²) in [6.07, 6.45) is 9.69. The van der Waals surface area contributed by atoms with Crippen LogP contribution in [0.3, 0.4) is 0 Å². The number of fused-ring (bicyclic) bond motifs is 2. The fourth-order valence-electron chi connectivity index (χ4n) is 2.82. The van der Waals surface area contributed by atoms with E-state index in [0.29, 0.717) is 17.0 Å². The molecule has 0 bridgehead atoms. The van der Waals surface area contributed by atoms with Crippen molar-refractivity contribution in [3.8, 4) is 5.88 Å². The first-order chi connectivity index (χ1) is 11.1. The number of aliphatic hydroxyl groups excluding tert-OH is 1. The molecule has 2 aliphatic rings. The Hall–Kier alpha value is -2.96. The van der Waals surface area contributed by atoms with Gasteiger partial charge in [-0.3, -0.25) is 4.79 Å². The van der Waals surface area contributed by atoms with Gasteiger partial charge in [-0.15, -0.1) is 0 Å². The Labute approximate surface area is 131 Å². The molecule has 0 spiro atoms. The number of aliphatic hydroxyl groups is 1. The predicted molar refractivity (Wildman–Crippen MR) is 81.9 cm³/mol. The number of aromatic hydroxyl groups is 1. The summed E-state index contributed by atoms with van der Waals surface area (Å²) in [5.74, 6) is -0.619. The third-order valence-corrected chi connectivity index (χ3v) is 4.00. The van der Waals surface area contributed by atoms with Gasteiger partial charge < -0.3 is 10.2 Å². The lowest BCUT2D eigenvalue weighted by molar-refractivity contribution is -0.113. The molecule has 2 heterocycles. The minimum Gasteiger partial charge on any atom is -0.504 e. The van der Waals surface area contributed by atoms with Crippen molar-refractivity contribution in [1.82, 2.24) is 19.6 Å². The van der Waals surface area contributed by atoms with E-state index in [2.05, 4.69) is 15.1 Å². The molecule has 116 valence electrons. The quantitative estimate of drug-likeness (QED) is 0.831. The summed E-state index contributed by atoms with van der Waals surface area (Å²) in [5, 5.41) is 24.2. The van der Waals surface area contributed by atoms with Crippen molar-refractivity contribution in [1.29, 1.82) is 0 Å². The van der Waals surface area contributed by atoms with E-state index in [1.165, 1.54) is 16.7 Å². The van der Waals surface area contributed by atoms with Gasteiger partial charge in [0.05, 0.1) is 11.4 Å². The summed E-state index contributed by atoms with van der Waals surface area (Å²) in [6, 6.07) is 0. The molecular formula is C16H14N4O3. The lowest BCUT2D eigenvalue weighted by atomic mass is 10.0. The van der Waals surface area contributed by atoms with Gasteiger partial charge in [0.25, 0.3) is 5.78 Å². The number of allylic oxidation sites excluding steroid dienone is 4. The van der Waals surface area contributed by atoms with E-state index in [1.54, 1.807) is 12.2 Å². The molecule has 0 aromatic carbocycles. The van der Waals surface area contributed by atoms with Crippen LogP contribution in [0, 0.1) is 0 Å². The molecule has 0 saturated heterocycles. The molecule has 0 unspecified atom stereocenters. The molecule has 0 amide bonds. The van der Waals surface area contributed by atoms with Crippen molar-refractivity contribution in [2.24, 2.45) is 0 Å². The third-order valence-electron chi connectivity index (χ3n) is 4.00. The number of hydrogen-bond donors (Lipinski definition) is 2. The van der Waals surface area contributed by atoms with Crippen LogP contribution in [-0.4, -0.2) is 35.6 Å². The van der Waals surface area contributed by atoms with Gasteiger partial charge >= 0.3 is 0 Å². The van der Waals surface area contributed by atoms with E-state index >= 15 is 0 Å². The van der Waals surface area contributed by atoms with Crippen molar-refractivity contribution >= 4 is 17.6 Å². The molecule has 7 nitrogen and oxygen atoms in total. The second-order valence-electron chi connectivity index (χ2n) is 5.62. The fourth-order valence-corrected chi connectivity index (χ4v) is 2.82. The highest BCUT2D eigenvalue weighted by molar-refractivity contribution is 6.04. The van der Waals surface area contributed by atoms with E-state index in [9.17, 15) is 15.0 Å². The molecule has 0 radical (unpaired) electrons. The first-order valence-corrected chi connectivity index (χ1v) is 7.44.